The third-order valence-corrected chi connectivity index (χ3v) is 4.59. The summed E-state index contributed by atoms with van der Waals surface area (Å²) in [6.07, 6.45) is -4.46. The van der Waals surface area contributed by atoms with Crippen LogP contribution in [0.3, 0.4) is 0 Å². The second-order valence-corrected chi connectivity index (χ2v) is 5.55. The Kier molecular flexibility index (Phi) is 4.39. The van der Waals surface area contributed by atoms with Crippen molar-refractivity contribution in [3.05, 3.63) is 29.8 Å². The number of sulfonamides is 1. The van der Waals surface area contributed by atoms with Crippen molar-refractivity contribution in [1.82, 2.24) is 4.31 Å². The average Bonchev–Trinajstić information content (AvgIpc) is 2.29. The summed E-state index contributed by atoms with van der Waals surface area (Å²) in [5.74, 6) is 0. The van der Waals surface area contributed by atoms with Gasteiger partial charge in [-0.3, -0.25) is 0 Å². The lowest BCUT2D eigenvalue weighted by molar-refractivity contribution is -0.137. The highest BCUT2D eigenvalue weighted by molar-refractivity contribution is 7.89. The van der Waals surface area contributed by atoms with Crippen molar-refractivity contribution in [2.24, 2.45) is 0 Å². The van der Waals surface area contributed by atoms with Gasteiger partial charge in [-0.2, -0.15) is 17.5 Å². The molecule has 0 atom stereocenters. The lowest BCUT2D eigenvalue weighted by Crippen LogP contribution is -2.30. The highest BCUT2D eigenvalue weighted by atomic mass is 32.2. The van der Waals surface area contributed by atoms with Crippen LogP contribution in [-0.2, 0) is 16.2 Å². The van der Waals surface area contributed by atoms with Crippen molar-refractivity contribution in [3.63, 3.8) is 0 Å². The van der Waals surface area contributed by atoms with Crippen LogP contribution in [0.15, 0.2) is 29.2 Å². The van der Waals surface area contributed by atoms with Gasteiger partial charge in [0, 0.05) is 13.1 Å². The van der Waals surface area contributed by atoms with Crippen LogP contribution in [0.4, 0.5) is 13.2 Å². The van der Waals surface area contributed by atoms with Crippen molar-refractivity contribution in [2.45, 2.75) is 24.9 Å². The number of benzene rings is 1. The van der Waals surface area contributed by atoms with Gasteiger partial charge in [-0.15, -0.1) is 0 Å². The third kappa shape index (κ3) is 3.02. The summed E-state index contributed by atoms with van der Waals surface area (Å²) in [5.41, 5.74) is -0.860. The van der Waals surface area contributed by atoms with Gasteiger partial charge in [0.25, 0.3) is 0 Å². The predicted octanol–water partition coefficient (Wildman–Crippen LogP) is 2.74. The van der Waals surface area contributed by atoms with Gasteiger partial charge in [0.1, 0.15) is 0 Å². The van der Waals surface area contributed by atoms with Gasteiger partial charge in [-0.25, -0.2) is 8.42 Å². The molecule has 0 heterocycles. The highest BCUT2D eigenvalue weighted by Crippen LogP contribution is 2.30. The molecule has 1 aromatic rings. The zero-order valence-electron chi connectivity index (χ0n) is 10.0. The van der Waals surface area contributed by atoms with Crippen molar-refractivity contribution in [2.75, 3.05) is 13.1 Å². The molecule has 0 aliphatic rings. The summed E-state index contributed by atoms with van der Waals surface area (Å²) in [4.78, 5) is -0.126. The Hall–Kier alpha value is -1.08. The van der Waals surface area contributed by atoms with Gasteiger partial charge in [-0.1, -0.05) is 13.8 Å². The van der Waals surface area contributed by atoms with E-state index in [1.165, 1.54) is 4.31 Å². The molecule has 1 aromatic carbocycles. The van der Waals surface area contributed by atoms with E-state index in [4.69, 9.17) is 0 Å². The molecule has 0 bridgehead atoms. The summed E-state index contributed by atoms with van der Waals surface area (Å²) in [6.45, 7) is 3.90. The van der Waals surface area contributed by atoms with E-state index in [9.17, 15) is 21.6 Å². The first kappa shape index (κ1) is 15.0. The normalized spacial score (nSPS) is 13.0. The van der Waals surface area contributed by atoms with Gasteiger partial charge < -0.3 is 0 Å². The van der Waals surface area contributed by atoms with E-state index in [1.54, 1.807) is 13.8 Å². The maximum Gasteiger partial charge on any atom is 0.416 e. The highest BCUT2D eigenvalue weighted by Gasteiger charge is 2.31. The number of rotatable bonds is 4. The second kappa shape index (κ2) is 5.27. The zero-order chi connectivity index (χ0) is 14.0. The minimum Gasteiger partial charge on any atom is -0.207 e. The molecule has 7 heteroatoms. The maximum absolute atomic E-state index is 12.3. The van der Waals surface area contributed by atoms with Gasteiger partial charge in [-0.05, 0) is 24.3 Å². The van der Waals surface area contributed by atoms with Crippen molar-refractivity contribution < 1.29 is 21.6 Å². The van der Waals surface area contributed by atoms with Gasteiger partial charge in [0.05, 0.1) is 10.5 Å². The number of alkyl halides is 3. The Balaban J connectivity index is 3.13. The molecule has 1 rings (SSSR count). The average molecular weight is 281 g/mol. The van der Waals surface area contributed by atoms with E-state index in [2.05, 4.69) is 0 Å². The van der Waals surface area contributed by atoms with Crippen LogP contribution in [0.25, 0.3) is 0 Å². The molecule has 0 radical (unpaired) electrons. The van der Waals surface area contributed by atoms with Crippen molar-refractivity contribution >= 4 is 10.0 Å². The summed E-state index contributed by atoms with van der Waals surface area (Å²) in [7, 11) is -3.70. The van der Waals surface area contributed by atoms with Crippen molar-refractivity contribution in [1.29, 1.82) is 0 Å². The van der Waals surface area contributed by atoms with Gasteiger partial charge >= 0.3 is 6.18 Å². The summed E-state index contributed by atoms with van der Waals surface area (Å²) in [5, 5.41) is 0. The molecule has 0 fully saturated rings. The van der Waals surface area contributed by atoms with E-state index < -0.39 is 21.8 Å². The molecule has 18 heavy (non-hydrogen) atoms. The zero-order valence-corrected chi connectivity index (χ0v) is 10.8. The quantitative estimate of drug-likeness (QED) is 0.851. The van der Waals surface area contributed by atoms with Crippen molar-refractivity contribution in [3.8, 4) is 0 Å². The smallest absolute Gasteiger partial charge is 0.207 e. The Morgan fingerprint density at radius 2 is 1.50 bits per heavy atom. The number of hydrogen-bond donors (Lipinski definition) is 0. The first-order valence-corrected chi connectivity index (χ1v) is 6.85. The molecule has 0 N–H and O–H groups in total. The fourth-order valence-electron chi connectivity index (χ4n) is 1.53. The molecule has 0 aliphatic carbocycles. The molecule has 0 saturated heterocycles. The lowest BCUT2D eigenvalue weighted by Gasteiger charge is -2.18. The van der Waals surface area contributed by atoms with Crippen LogP contribution in [0.2, 0.25) is 0 Å². The minimum atomic E-state index is -4.46. The molecular weight excluding hydrogens is 267 g/mol. The van der Waals surface area contributed by atoms with Gasteiger partial charge in [0.15, 0.2) is 0 Å². The monoisotopic (exact) mass is 281 g/mol. The van der Waals surface area contributed by atoms with E-state index in [1.807, 2.05) is 0 Å². The standard InChI is InChI=1S/C11H14F3NO2S/c1-3-15(4-2)18(16,17)10-7-5-9(6-8-10)11(12,13)14/h5-8H,3-4H2,1-2H3. The molecule has 3 nitrogen and oxygen atoms in total. The number of nitrogens with zero attached hydrogens (tertiary/aromatic N) is 1. The minimum absolute atomic E-state index is 0.126. The molecule has 0 spiro atoms. The Morgan fingerprint density at radius 1 is 1.06 bits per heavy atom. The molecule has 0 aromatic heterocycles. The number of halogens is 3. The van der Waals surface area contributed by atoms with Gasteiger partial charge in [0.2, 0.25) is 10.0 Å². The Labute approximate surface area is 104 Å². The fraction of sp³-hybridized carbons (Fsp3) is 0.455. The summed E-state index contributed by atoms with van der Waals surface area (Å²) >= 11 is 0. The van der Waals surface area contributed by atoms with Crippen LogP contribution < -0.4 is 0 Å². The predicted molar refractivity (Wildman–Crippen MR) is 61.6 cm³/mol. The Bertz CT molecular complexity index is 490. The molecule has 102 valence electrons. The third-order valence-electron chi connectivity index (χ3n) is 2.52. The molecular formula is C11H14F3NO2S. The van der Waals surface area contributed by atoms with Crippen LogP contribution in [0.5, 0.6) is 0 Å². The molecule has 0 unspecified atom stereocenters. The molecule has 0 saturated carbocycles. The van der Waals surface area contributed by atoms with E-state index in [-0.39, 0.29) is 18.0 Å². The number of hydrogen-bond acceptors (Lipinski definition) is 2. The molecule has 0 aliphatic heterocycles. The van der Waals surface area contributed by atoms with E-state index in [0.29, 0.717) is 0 Å². The fourth-order valence-corrected chi connectivity index (χ4v) is 2.99. The maximum atomic E-state index is 12.3. The topological polar surface area (TPSA) is 37.4 Å². The first-order valence-electron chi connectivity index (χ1n) is 5.41. The van der Waals surface area contributed by atoms with Crippen LogP contribution >= 0.6 is 0 Å². The second-order valence-electron chi connectivity index (χ2n) is 3.61. The van der Waals surface area contributed by atoms with Crippen LogP contribution in [0, 0.1) is 0 Å². The lowest BCUT2D eigenvalue weighted by atomic mass is 10.2. The van der Waals surface area contributed by atoms with E-state index >= 15 is 0 Å². The van der Waals surface area contributed by atoms with Crippen LogP contribution in [0.1, 0.15) is 19.4 Å². The summed E-state index contributed by atoms with van der Waals surface area (Å²) < 4.78 is 62.2. The summed E-state index contributed by atoms with van der Waals surface area (Å²) in [6, 6.07) is 3.51. The first-order chi connectivity index (χ1) is 8.23. The largest absolute Gasteiger partial charge is 0.416 e. The SMILES string of the molecule is CCN(CC)S(=O)(=O)c1ccc(C(F)(F)F)cc1. The molecule has 0 amide bonds. The van der Waals surface area contributed by atoms with Crippen LogP contribution in [-0.4, -0.2) is 25.8 Å². The van der Waals surface area contributed by atoms with E-state index in [0.717, 1.165) is 24.3 Å². The Morgan fingerprint density at radius 3 is 1.83 bits per heavy atom.